The van der Waals surface area contributed by atoms with Crippen LogP contribution in [0.3, 0.4) is 0 Å². The monoisotopic (exact) mass is 634 g/mol. The van der Waals surface area contributed by atoms with E-state index < -0.39 is 29.2 Å². The lowest BCUT2D eigenvalue weighted by Crippen LogP contribution is -2.49. The Balaban J connectivity index is 1.56. The molecule has 6 nitrogen and oxygen atoms in total. The summed E-state index contributed by atoms with van der Waals surface area (Å²) in [4.78, 5) is 19.2. The minimum absolute atomic E-state index is 0.0237. The van der Waals surface area contributed by atoms with E-state index in [0.717, 1.165) is 28.2 Å². The molecular weight excluding hydrogens is 606 g/mol. The summed E-state index contributed by atoms with van der Waals surface area (Å²) in [6.45, 7) is 0.187. The van der Waals surface area contributed by atoms with Gasteiger partial charge in [-0.25, -0.2) is 13.8 Å². The van der Waals surface area contributed by atoms with Gasteiger partial charge in [-0.1, -0.05) is 64.5 Å². The third-order valence-corrected chi connectivity index (χ3v) is 7.70. The van der Waals surface area contributed by atoms with Crippen LogP contribution in [-0.2, 0) is 22.5 Å². The zero-order chi connectivity index (χ0) is 29.5. The van der Waals surface area contributed by atoms with Gasteiger partial charge in [0.15, 0.2) is 11.6 Å². The van der Waals surface area contributed by atoms with Crippen molar-refractivity contribution in [2.45, 2.75) is 31.0 Å². The molecule has 0 bridgehead atoms. The summed E-state index contributed by atoms with van der Waals surface area (Å²) in [7, 11) is 0. The number of aliphatic hydroxyl groups is 1. The Morgan fingerprint density at radius 2 is 1.74 bits per heavy atom. The van der Waals surface area contributed by atoms with Gasteiger partial charge in [0.25, 0.3) is 5.91 Å². The molecule has 0 aromatic heterocycles. The van der Waals surface area contributed by atoms with E-state index in [4.69, 9.17) is 19.6 Å². The molecule has 5 rings (SSSR count). The van der Waals surface area contributed by atoms with Gasteiger partial charge in [-0.15, -0.1) is 0 Å². The Bertz CT molecular complexity index is 1570. The minimum atomic E-state index is -1.49. The van der Waals surface area contributed by atoms with Crippen LogP contribution in [0.5, 0.6) is 5.75 Å². The van der Waals surface area contributed by atoms with Crippen LogP contribution in [0.25, 0.3) is 0 Å². The fourth-order valence-corrected chi connectivity index (χ4v) is 5.35. The van der Waals surface area contributed by atoms with Gasteiger partial charge in [-0.05, 0) is 54.1 Å². The number of hydrogen-bond donors (Lipinski definition) is 2. The summed E-state index contributed by atoms with van der Waals surface area (Å²) in [6.07, 6.45) is -0.147. The van der Waals surface area contributed by atoms with Gasteiger partial charge in [0.2, 0.25) is 5.90 Å². The summed E-state index contributed by atoms with van der Waals surface area (Å²) in [5.41, 5.74) is 0.739. The van der Waals surface area contributed by atoms with Crippen LogP contribution < -0.4 is 10.1 Å². The van der Waals surface area contributed by atoms with Crippen LogP contribution >= 0.6 is 15.9 Å². The molecule has 0 unspecified atom stereocenters. The van der Waals surface area contributed by atoms with Gasteiger partial charge >= 0.3 is 0 Å². The smallest absolute Gasteiger partial charge is 0.252 e. The maximum Gasteiger partial charge on any atom is 0.252 e. The summed E-state index contributed by atoms with van der Waals surface area (Å²) in [6, 6.07) is 27.2. The Hall–Kier alpha value is -4.08. The van der Waals surface area contributed by atoms with Crippen molar-refractivity contribution in [3.8, 4) is 5.75 Å². The van der Waals surface area contributed by atoms with Crippen molar-refractivity contribution in [2.75, 3.05) is 13.2 Å². The number of halogens is 3. The van der Waals surface area contributed by atoms with Crippen molar-refractivity contribution in [1.29, 1.82) is 0 Å². The first kappa shape index (κ1) is 29.4. The topological polar surface area (TPSA) is 80.2 Å². The second-order valence-corrected chi connectivity index (χ2v) is 10.7. The molecule has 0 saturated heterocycles. The van der Waals surface area contributed by atoms with Crippen LogP contribution in [0.4, 0.5) is 8.78 Å². The first-order chi connectivity index (χ1) is 20.4. The van der Waals surface area contributed by atoms with Gasteiger partial charge in [0.1, 0.15) is 17.4 Å². The zero-order valence-electron chi connectivity index (χ0n) is 22.6. The second-order valence-electron chi connectivity index (χ2n) is 9.89. The van der Waals surface area contributed by atoms with E-state index in [9.17, 15) is 13.6 Å². The molecule has 2 N–H and O–H groups in total. The molecular formula is C33H29BrF2N2O4. The summed E-state index contributed by atoms with van der Waals surface area (Å²) in [5.74, 6) is -0.822. The SMILES string of the molecule is O=C(NCc1cc(F)ccc1F)[C@]1(Cc2ccccc2)N=C(c2ccc(OCCCO)cc2)O[C@@H]1c1ccccc1Br. The molecule has 216 valence electrons. The number of rotatable bonds is 11. The number of carbonyl (C=O) groups excluding carboxylic acids is 1. The minimum Gasteiger partial charge on any atom is -0.494 e. The molecule has 9 heteroatoms. The zero-order valence-corrected chi connectivity index (χ0v) is 24.2. The molecule has 1 amide bonds. The van der Waals surface area contributed by atoms with Crippen molar-refractivity contribution in [2.24, 2.45) is 4.99 Å². The molecule has 42 heavy (non-hydrogen) atoms. The maximum atomic E-state index is 14.4. The molecule has 0 radical (unpaired) electrons. The van der Waals surface area contributed by atoms with E-state index in [2.05, 4.69) is 21.2 Å². The van der Waals surface area contributed by atoms with E-state index >= 15 is 0 Å². The molecule has 4 aromatic carbocycles. The average Bonchev–Trinajstić information content (AvgIpc) is 3.38. The third-order valence-electron chi connectivity index (χ3n) is 6.98. The van der Waals surface area contributed by atoms with E-state index in [1.807, 2.05) is 54.6 Å². The van der Waals surface area contributed by atoms with E-state index in [0.29, 0.717) is 29.9 Å². The number of nitrogens with one attached hydrogen (secondary N) is 1. The molecule has 1 aliphatic rings. The van der Waals surface area contributed by atoms with Gasteiger partial charge in [0.05, 0.1) is 6.61 Å². The molecule has 4 aromatic rings. The van der Waals surface area contributed by atoms with Crippen molar-refractivity contribution >= 4 is 27.7 Å². The molecule has 0 fully saturated rings. The van der Waals surface area contributed by atoms with Crippen molar-refractivity contribution in [3.05, 3.63) is 135 Å². The highest BCUT2D eigenvalue weighted by Crippen LogP contribution is 2.44. The van der Waals surface area contributed by atoms with E-state index in [-0.39, 0.29) is 31.0 Å². The Labute approximate surface area is 251 Å². The number of ether oxygens (including phenoxy) is 2. The van der Waals surface area contributed by atoms with Gasteiger partial charge in [-0.2, -0.15) is 0 Å². The number of hydrogen-bond acceptors (Lipinski definition) is 5. The Morgan fingerprint density at radius 3 is 2.48 bits per heavy atom. The standard InChI is InChI=1S/C33H29BrF2N2O4/c34-28-10-5-4-9-27(28)30-33(20-22-7-2-1-3-8-22,32(40)37-21-24-19-25(35)13-16-29(24)36)38-31(42-30)23-11-14-26(15-12-23)41-18-6-17-39/h1-5,7-16,19,30,39H,6,17-18,20-21H2,(H,37,40)/t30-,33-/m1/s1. The summed E-state index contributed by atoms with van der Waals surface area (Å²) in [5, 5.41) is 11.8. The number of benzene rings is 4. The van der Waals surface area contributed by atoms with Crippen LogP contribution in [0.15, 0.2) is 107 Å². The number of aliphatic imine (C=N–C) groups is 1. The van der Waals surface area contributed by atoms with Crippen LogP contribution in [0, 0.1) is 11.6 Å². The lowest BCUT2D eigenvalue weighted by Gasteiger charge is -2.31. The van der Waals surface area contributed by atoms with Crippen molar-refractivity contribution < 1.29 is 28.2 Å². The fraction of sp³-hybridized carbons (Fsp3) is 0.212. The van der Waals surface area contributed by atoms with Gasteiger partial charge < -0.3 is 19.9 Å². The van der Waals surface area contributed by atoms with Crippen molar-refractivity contribution in [3.63, 3.8) is 0 Å². The summed E-state index contributed by atoms with van der Waals surface area (Å²) >= 11 is 3.61. The van der Waals surface area contributed by atoms with E-state index in [1.165, 1.54) is 0 Å². The van der Waals surface area contributed by atoms with Crippen LogP contribution in [0.2, 0.25) is 0 Å². The predicted octanol–water partition coefficient (Wildman–Crippen LogP) is 6.30. The van der Waals surface area contributed by atoms with Crippen molar-refractivity contribution in [1.82, 2.24) is 5.32 Å². The molecule has 2 atom stereocenters. The number of nitrogens with zero attached hydrogens (tertiary/aromatic N) is 1. The second kappa shape index (κ2) is 13.3. The average molecular weight is 636 g/mol. The Morgan fingerprint density at radius 1 is 1.00 bits per heavy atom. The first-order valence-corrected chi connectivity index (χ1v) is 14.3. The largest absolute Gasteiger partial charge is 0.494 e. The maximum absolute atomic E-state index is 14.4. The highest BCUT2D eigenvalue weighted by atomic mass is 79.9. The Kier molecular flexibility index (Phi) is 9.29. The lowest BCUT2D eigenvalue weighted by molar-refractivity contribution is -0.129. The molecule has 0 spiro atoms. The fourth-order valence-electron chi connectivity index (χ4n) is 4.86. The number of carbonyl (C=O) groups is 1. The van der Waals surface area contributed by atoms with Crippen LogP contribution in [0.1, 0.15) is 34.8 Å². The third kappa shape index (κ3) is 6.53. The normalized spacial score (nSPS) is 17.8. The van der Waals surface area contributed by atoms with Gasteiger partial charge in [0, 0.05) is 47.2 Å². The highest BCUT2D eigenvalue weighted by molar-refractivity contribution is 9.10. The quantitative estimate of drug-likeness (QED) is 0.190. The van der Waals surface area contributed by atoms with Gasteiger partial charge in [-0.3, -0.25) is 4.79 Å². The van der Waals surface area contributed by atoms with E-state index in [1.54, 1.807) is 24.3 Å². The molecule has 0 aliphatic carbocycles. The molecule has 1 aliphatic heterocycles. The first-order valence-electron chi connectivity index (χ1n) is 13.5. The molecule has 1 heterocycles. The predicted molar refractivity (Wildman–Crippen MR) is 159 cm³/mol. The van der Waals surface area contributed by atoms with Crippen LogP contribution in [-0.4, -0.2) is 35.7 Å². The number of amides is 1. The lowest BCUT2D eigenvalue weighted by atomic mass is 9.82. The molecule has 0 saturated carbocycles. The highest BCUT2D eigenvalue weighted by Gasteiger charge is 2.53. The summed E-state index contributed by atoms with van der Waals surface area (Å²) < 4.78 is 41.2. The number of aliphatic hydroxyl groups excluding tert-OH is 1.